The Morgan fingerprint density at radius 1 is 1.09 bits per heavy atom. The largest absolute Gasteiger partial charge is 0.454 e. The maximum atomic E-state index is 5.37. The minimum atomic E-state index is 0.208. The van der Waals surface area contributed by atoms with Gasteiger partial charge in [0, 0.05) is 19.7 Å². The number of benzene rings is 1. The minimum Gasteiger partial charge on any atom is -0.454 e. The minimum absolute atomic E-state index is 0.208. The molecule has 0 atom stereocenters. The van der Waals surface area contributed by atoms with Gasteiger partial charge in [-0.15, -0.1) is 0 Å². The number of fused-ring (bicyclic) bond motifs is 1. The summed E-state index contributed by atoms with van der Waals surface area (Å²) in [6.45, 7) is 0.208. The average molecular weight is 352 g/mol. The van der Waals surface area contributed by atoms with Gasteiger partial charge >= 0.3 is 0 Å². The van der Waals surface area contributed by atoms with Crippen molar-refractivity contribution < 1.29 is 9.47 Å². The molecular formula is C13H16N6O2S2. The molecule has 0 unspecified atom stereocenters. The number of nitrogens with one attached hydrogen (secondary N) is 4. The number of hydrazone groups is 2. The van der Waals surface area contributed by atoms with Gasteiger partial charge in [-0.1, -0.05) is 0 Å². The zero-order chi connectivity index (χ0) is 16.7. The number of rotatable bonds is 4. The van der Waals surface area contributed by atoms with E-state index in [9.17, 15) is 0 Å². The van der Waals surface area contributed by atoms with E-state index < -0.39 is 0 Å². The summed E-state index contributed by atoms with van der Waals surface area (Å²) in [4.78, 5) is 0. The molecular weight excluding hydrogens is 336 g/mol. The second-order valence-corrected chi connectivity index (χ2v) is 5.02. The lowest BCUT2D eigenvalue weighted by Gasteiger charge is -2.06. The molecule has 0 radical (unpaired) electrons. The summed E-state index contributed by atoms with van der Waals surface area (Å²) < 4.78 is 10.7. The van der Waals surface area contributed by atoms with Crippen LogP contribution in [0, 0.1) is 0 Å². The maximum absolute atomic E-state index is 5.37. The first-order chi connectivity index (χ1) is 11.1. The molecule has 0 saturated heterocycles. The van der Waals surface area contributed by atoms with Crippen molar-refractivity contribution in [2.45, 2.75) is 0 Å². The lowest BCUT2D eigenvalue weighted by atomic mass is 10.1. The van der Waals surface area contributed by atoms with E-state index in [0.717, 1.165) is 5.56 Å². The van der Waals surface area contributed by atoms with E-state index in [1.807, 2.05) is 18.2 Å². The molecule has 0 bridgehead atoms. The smallest absolute Gasteiger partial charge is 0.231 e. The average Bonchev–Trinajstić information content (AvgIpc) is 3.04. The Balaban J connectivity index is 2.21. The molecule has 2 rings (SSSR count). The van der Waals surface area contributed by atoms with Gasteiger partial charge < -0.3 is 20.1 Å². The highest BCUT2D eigenvalue weighted by Crippen LogP contribution is 2.32. The molecule has 0 aliphatic carbocycles. The van der Waals surface area contributed by atoms with E-state index in [1.54, 1.807) is 14.1 Å². The molecule has 0 fully saturated rings. The molecule has 8 nitrogen and oxygen atoms in total. The molecule has 0 saturated carbocycles. The summed E-state index contributed by atoms with van der Waals surface area (Å²) in [6.07, 6.45) is 1.52. The van der Waals surface area contributed by atoms with Gasteiger partial charge in [0.2, 0.25) is 6.79 Å². The molecule has 122 valence electrons. The first-order valence-corrected chi connectivity index (χ1v) is 7.42. The van der Waals surface area contributed by atoms with E-state index in [-0.39, 0.29) is 6.79 Å². The van der Waals surface area contributed by atoms with Crippen LogP contribution in [0.5, 0.6) is 11.5 Å². The number of nitrogens with zero attached hydrogens (tertiary/aromatic N) is 2. The molecule has 10 heteroatoms. The topological polar surface area (TPSA) is 91.3 Å². The van der Waals surface area contributed by atoms with Crippen molar-refractivity contribution in [3.05, 3.63) is 23.8 Å². The lowest BCUT2D eigenvalue weighted by Crippen LogP contribution is -2.30. The first-order valence-electron chi connectivity index (χ1n) is 6.60. The lowest BCUT2D eigenvalue weighted by molar-refractivity contribution is 0.174. The van der Waals surface area contributed by atoms with Crippen molar-refractivity contribution in [1.82, 2.24) is 21.5 Å². The third-order valence-electron chi connectivity index (χ3n) is 2.75. The fourth-order valence-corrected chi connectivity index (χ4v) is 1.70. The van der Waals surface area contributed by atoms with Gasteiger partial charge in [0.1, 0.15) is 5.71 Å². The van der Waals surface area contributed by atoms with Gasteiger partial charge in [0.25, 0.3) is 0 Å². The fourth-order valence-electron chi connectivity index (χ4n) is 1.60. The fraction of sp³-hybridized carbons (Fsp3) is 0.231. The van der Waals surface area contributed by atoms with Crippen molar-refractivity contribution in [1.29, 1.82) is 0 Å². The molecule has 1 aliphatic rings. The van der Waals surface area contributed by atoms with E-state index in [0.29, 0.717) is 27.4 Å². The van der Waals surface area contributed by atoms with Crippen LogP contribution < -0.4 is 31.0 Å². The Hall–Kier alpha value is -2.46. The summed E-state index contributed by atoms with van der Waals surface area (Å²) in [6, 6.07) is 5.47. The summed E-state index contributed by atoms with van der Waals surface area (Å²) in [7, 11) is 3.40. The van der Waals surface area contributed by atoms with Gasteiger partial charge in [-0.25, -0.2) is 0 Å². The van der Waals surface area contributed by atoms with Crippen LogP contribution in [0.3, 0.4) is 0 Å². The van der Waals surface area contributed by atoms with E-state index in [1.165, 1.54) is 6.21 Å². The van der Waals surface area contributed by atoms with Crippen LogP contribution in [0.4, 0.5) is 0 Å². The predicted molar refractivity (Wildman–Crippen MR) is 97.2 cm³/mol. The Morgan fingerprint density at radius 3 is 2.52 bits per heavy atom. The Bertz CT molecular complexity index is 662. The molecule has 0 amide bonds. The van der Waals surface area contributed by atoms with Gasteiger partial charge in [-0.05, 0) is 42.6 Å². The van der Waals surface area contributed by atoms with Crippen molar-refractivity contribution in [2.24, 2.45) is 10.2 Å². The van der Waals surface area contributed by atoms with Crippen molar-refractivity contribution in [3.8, 4) is 11.5 Å². The predicted octanol–water partition coefficient (Wildman–Crippen LogP) is 0.293. The van der Waals surface area contributed by atoms with Crippen LogP contribution in [-0.4, -0.2) is 43.0 Å². The van der Waals surface area contributed by atoms with Gasteiger partial charge in [-0.3, -0.25) is 10.9 Å². The molecule has 1 aromatic rings. The summed E-state index contributed by atoms with van der Waals surface area (Å²) in [5.41, 5.74) is 6.70. The molecule has 23 heavy (non-hydrogen) atoms. The Morgan fingerprint density at radius 2 is 1.78 bits per heavy atom. The van der Waals surface area contributed by atoms with E-state index in [2.05, 4.69) is 31.7 Å². The summed E-state index contributed by atoms with van der Waals surface area (Å²) >= 11 is 9.97. The maximum Gasteiger partial charge on any atom is 0.231 e. The van der Waals surface area contributed by atoms with Gasteiger partial charge in [0.05, 0.1) is 6.21 Å². The molecule has 1 heterocycles. The summed E-state index contributed by atoms with van der Waals surface area (Å²) in [5.74, 6) is 1.34. The Kier molecular flexibility index (Phi) is 6.06. The van der Waals surface area contributed by atoms with Crippen LogP contribution in [0.25, 0.3) is 0 Å². The van der Waals surface area contributed by atoms with E-state index in [4.69, 9.17) is 33.9 Å². The number of ether oxygens (including phenoxy) is 2. The highest BCUT2D eigenvalue weighted by Gasteiger charge is 2.15. The third kappa shape index (κ3) is 4.76. The molecule has 1 aromatic carbocycles. The van der Waals surface area contributed by atoms with Gasteiger partial charge in [-0.2, -0.15) is 10.2 Å². The number of hydrogen-bond acceptors (Lipinski definition) is 6. The van der Waals surface area contributed by atoms with Crippen LogP contribution >= 0.6 is 24.4 Å². The SMILES string of the molecule is CNC(=S)N/N=C(\C=N\NC(=S)NC)c1ccc2c(c1)OCO2. The highest BCUT2D eigenvalue weighted by atomic mass is 32.1. The van der Waals surface area contributed by atoms with Crippen LogP contribution in [0.1, 0.15) is 5.56 Å². The summed E-state index contributed by atoms with van der Waals surface area (Å²) in [5, 5.41) is 14.6. The van der Waals surface area contributed by atoms with Crippen molar-refractivity contribution >= 4 is 46.6 Å². The van der Waals surface area contributed by atoms with E-state index >= 15 is 0 Å². The van der Waals surface area contributed by atoms with Crippen molar-refractivity contribution in [3.63, 3.8) is 0 Å². The van der Waals surface area contributed by atoms with Crippen LogP contribution in [0.15, 0.2) is 28.4 Å². The third-order valence-corrected chi connectivity index (χ3v) is 3.34. The molecule has 4 N–H and O–H groups in total. The standard InChI is InChI=1S/C13H16N6O2S2/c1-14-12(22)18-16-6-9(17-19-13(23)15-2)8-3-4-10-11(5-8)21-7-20-10/h3-6H,7H2,1-2H3,(H2,14,18,22)(H2,15,19,23)/b16-6+,17-9+. The second-order valence-electron chi connectivity index (χ2n) is 4.21. The number of hydrogen-bond donors (Lipinski definition) is 4. The molecule has 0 spiro atoms. The zero-order valence-corrected chi connectivity index (χ0v) is 14.2. The van der Waals surface area contributed by atoms with Crippen molar-refractivity contribution in [2.75, 3.05) is 20.9 Å². The second kappa shape index (κ2) is 8.25. The van der Waals surface area contributed by atoms with Crippen LogP contribution in [-0.2, 0) is 0 Å². The normalized spacial score (nSPS) is 12.9. The molecule has 0 aromatic heterocycles. The number of thiocarbonyl (C=S) groups is 2. The first kappa shape index (κ1) is 16.9. The zero-order valence-electron chi connectivity index (χ0n) is 12.5. The van der Waals surface area contributed by atoms with Crippen LogP contribution in [0.2, 0.25) is 0 Å². The monoisotopic (exact) mass is 352 g/mol. The Labute approximate surface area is 144 Å². The highest BCUT2D eigenvalue weighted by molar-refractivity contribution is 7.80. The van der Waals surface area contributed by atoms with Gasteiger partial charge in [0.15, 0.2) is 21.7 Å². The molecule has 1 aliphatic heterocycles. The quantitative estimate of drug-likeness (QED) is 0.349.